The number of halogens is 1. The van der Waals surface area contributed by atoms with Crippen molar-refractivity contribution in [2.24, 2.45) is 0 Å². The van der Waals surface area contributed by atoms with E-state index in [0.29, 0.717) is 29.4 Å². The molecule has 1 aromatic heterocycles. The third kappa shape index (κ3) is 6.20. The number of carbonyl (C=O) groups is 1. The summed E-state index contributed by atoms with van der Waals surface area (Å²) in [5.74, 6) is 1.55. The van der Waals surface area contributed by atoms with Crippen molar-refractivity contribution in [1.29, 1.82) is 0 Å². The molecule has 2 heterocycles. The van der Waals surface area contributed by atoms with Crippen LogP contribution in [0.3, 0.4) is 0 Å². The van der Waals surface area contributed by atoms with Crippen LogP contribution in [-0.2, 0) is 11.2 Å². The van der Waals surface area contributed by atoms with Crippen LogP contribution in [-0.4, -0.2) is 65.2 Å². The topological polar surface area (TPSA) is 96.8 Å². The van der Waals surface area contributed by atoms with Gasteiger partial charge in [-0.2, -0.15) is 0 Å². The molecule has 1 aliphatic heterocycles. The fourth-order valence-electron chi connectivity index (χ4n) is 4.11. The molecule has 0 bridgehead atoms. The van der Waals surface area contributed by atoms with E-state index in [1.807, 2.05) is 18.2 Å². The average molecular weight is 529 g/mol. The van der Waals surface area contributed by atoms with E-state index in [-0.39, 0.29) is 16.8 Å². The van der Waals surface area contributed by atoms with Crippen LogP contribution in [0.1, 0.15) is 11.4 Å². The molecule has 1 amide bonds. The van der Waals surface area contributed by atoms with E-state index in [2.05, 4.69) is 33.8 Å². The number of hydrogen-bond acceptors (Lipinski definition) is 7. The Kier molecular flexibility index (Phi) is 8.21. The Morgan fingerprint density at radius 1 is 1.28 bits per heavy atom. The van der Waals surface area contributed by atoms with Crippen molar-refractivity contribution in [1.82, 2.24) is 14.9 Å². The van der Waals surface area contributed by atoms with Crippen LogP contribution in [0.4, 0.5) is 5.69 Å². The van der Waals surface area contributed by atoms with Gasteiger partial charge in [0.05, 0.1) is 0 Å². The van der Waals surface area contributed by atoms with Gasteiger partial charge in [0.1, 0.15) is 0 Å². The molecule has 0 unspecified atom stereocenters. The summed E-state index contributed by atoms with van der Waals surface area (Å²) in [7, 11) is 1.19. The average Bonchev–Trinajstić information content (AvgIpc) is 2.88. The molecular formula is C26H30ClN4O4P. The molecule has 1 saturated heterocycles. The van der Waals surface area contributed by atoms with E-state index >= 15 is 0 Å². The first-order valence-corrected chi connectivity index (χ1v) is 14.3. The van der Waals surface area contributed by atoms with Gasteiger partial charge >= 0.3 is 182 Å². The van der Waals surface area contributed by atoms with Crippen LogP contribution in [0.15, 0.2) is 61.3 Å². The Hall–Kier alpha value is -3.03. The summed E-state index contributed by atoms with van der Waals surface area (Å²) in [6.45, 7) is 5.25. The second-order valence-electron chi connectivity index (χ2n) is 8.80. The Morgan fingerprint density at radius 2 is 2.06 bits per heavy atom. The fourth-order valence-corrected chi connectivity index (χ4v) is 7.37. The summed E-state index contributed by atoms with van der Waals surface area (Å²) < 4.78 is 11.6. The maximum atomic E-state index is 11.6. The van der Waals surface area contributed by atoms with E-state index in [9.17, 15) is 9.69 Å². The fraction of sp³-hybridized carbons (Fsp3) is 0.269. The zero-order chi connectivity index (χ0) is 25.7. The quantitative estimate of drug-likeness (QED) is 0.338. The van der Waals surface area contributed by atoms with Crippen molar-refractivity contribution in [2.45, 2.75) is 6.42 Å². The second-order valence-corrected chi connectivity index (χ2v) is 12.8. The molecule has 1 fully saturated rings. The SMILES string of the molecule is C=CC(=O)Nc1cccc(Oc2nc(Cc3ccc([PH]4(O)CCN(C)CC4)cc3OC)ncc2Cl)c1. The van der Waals surface area contributed by atoms with Gasteiger partial charge in [-0.3, -0.25) is 4.79 Å². The minimum absolute atomic E-state index is 0.206. The molecule has 0 saturated carbocycles. The first-order chi connectivity index (χ1) is 17.3. The standard InChI is InChI=1S/C26H30ClN4O4P/c1-4-25(32)29-19-6-5-7-20(15-19)35-26-22(27)17-28-24(30-26)14-18-8-9-21(16-23(18)34-3)36(33)12-10-31(2)11-13-36/h4-9,15-17,33,36H,1,10-14H2,2-3H3,(H,29,32). The van der Waals surface area contributed by atoms with Crippen LogP contribution in [0.2, 0.25) is 5.02 Å². The van der Waals surface area contributed by atoms with Crippen LogP contribution < -0.4 is 20.1 Å². The number of amides is 1. The summed E-state index contributed by atoms with van der Waals surface area (Å²) in [4.78, 5) is 34.0. The minimum atomic E-state index is -2.52. The van der Waals surface area contributed by atoms with Gasteiger partial charge in [-0.1, -0.05) is 6.58 Å². The van der Waals surface area contributed by atoms with Crippen LogP contribution in [0.25, 0.3) is 0 Å². The van der Waals surface area contributed by atoms with Crippen molar-refractivity contribution in [3.63, 3.8) is 0 Å². The van der Waals surface area contributed by atoms with Gasteiger partial charge in [0, 0.05) is 0 Å². The van der Waals surface area contributed by atoms with Crippen molar-refractivity contribution in [3.05, 3.63) is 77.7 Å². The predicted octanol–water partition coefficient (Wildman–Crippen LogP) is 3.87. The molecule has 190 valence electrons. The van der Waals surface area contributed by atoms with E-state index in [1.54, 1.807) is 31.4 Å². The van der Waals surface area contributed by atoms with Gasteiger partial charge in [-0.05, 0) is 12.1 Å². The third-order valence-electron chi connectivity index (χ3n) is 6.25. The number of ether oxygens (including phenoxy) is 2. The van der Waals surface area contributed by atoms with Gasteiger partial charge in [0.15, 0.2) is 0 Å². The molecule has 2 aromatic carbocycles. The summed E-state index contributed by atoms with van der Waals surface area (Å²) in [6.07, 6.45) is 4.71. The zero-order valence-electron chi connectivity index (χ0n) is 20.3. The number of nitrogens with zero attached hydrogens (tertiary/aromatic N) is 3. The molecular weight excluding hydrogens is 499 g/mol. The summed E-state index contributed by atoms with van der Waals surface area (Å²) in [6, 6.07) is 12.8. The molecule has 3 aromatic rings. The molecule has 0 spiro atoms. The number of nitrogens with one attached hydrogen (secondary N) is 1. The van der Waals surface area contributed by atoms with Gasteiger partial charge in [-0.15, -0.1) is 0 Å². The first kappa shape index (κ1) is 26.0. The third-order valence-corrected chi connectivity index (χ3v) is 10.00. The van der Waals surface area contributed by atoms with Crippen molar-refractivity contribution >= 4 is 36.0 Å². The van der Waals surface area contributed by atoms with E-state index in [4.69, 9.17) is 21.1 Å². The van der Waals surface area contributed by atoms with Crippen LogP contribution in [0, 0.1) is 0 Å². The number of anilines is 1. The monoisotopic (exact) mass is 528 g/mol. The van der Waals surface area contributed by atoms with Gasteiger partial charge in [0.25, 0.3) is 0 Å². The molecule has 1 aliphatic rings. The summed E-state index contributed by atoms with van der Waals surface area (Å²) in [5.41, 5.74) is 1.46. The Balaban J connectivity index is 1.53. The number of benzene rings is 2. The molecule has 0 atom stereocenters. The van der Waals surface area contributed by atoms with E-state index in [1.165, 1.54) is 12.3 Å². The number of methoxy groups -OCH3 is 1. The van der Waals surface area contributed by atoms with Crippen molar-refractivity contribution in [2.75, 3.05) is 44.9 Å². The Morgan fingerprint density at radius 3 is 2.78 bits per heavy atom. The first-order valence-electron chi connectivity index (χ1n) is 11.6. The predicted molar refractivity (Wildman–Crippen MR) is 146 cm³/mol. The van der Waals surface area contributed by atoms with E-state index in [0.717, 1.165) is 36.3 Å². The Labute approximate surface area is 216 Å². The molecule has 8 nitrogen and oxygen atoms in total. The van der Waals surface area contributed by atoms with Gasteiger partial charge in [0.2, 0.25) is 5.91 Å². The molecule has 0 radical (unpaired) electrons. The molecule has 10 heteroatoms. The number of hydrogen-bond donors (Lipinski definition) is 2. The van der Waals surface area contributed by atoms with Gasteiger partial charge < -0.3 is 5.32 Å². The van der Waals surface area contributed by atoms with Crippen LogP contribution >= 0.6 is 19.1 Å². The second kappa shape index (κ2) is 11.4. The summed E-state index contributed by atoms with van der Waals surface area (Å²) in [5, 5.41) is 3.94. The van der Waals surface area contributed by atoms with Crippen LogP contribution in [0.5, 0.6) is 17.4 Å². The normalized spacial score (nSPS) is 16.1. The molecule has 36 heavy (non-hydrogen) atoms. The van der Waals surface area contributed by atoms with Crippen molar-refractivity contribution < 1.29 is 19.2 Å². The number of aromatic nitrogens is 2. The number of carbonyl (C=O) groups excluding carboxylic acids is 1. The Bertz CT molecular complexity index is 1260. The number of rotatable bonds is 8. The summed E-state index contributed by atoms with van der Waals surface area (Å²) >= 11 is 6.30. The molecule has 0 aliphatic carbocycles. The van der Waals surface area contributed by atoms with Gasteiger partial charge in [-0.25, -0.2) is 0 Å². The van der Waals surface area contributed by atoms with E-state index < -0.39 is 7.49 Å². The molecule has 4 rings (SSSR count). The molecule has 2 N–H and O–H groups in total. The van der Waals surface area contributed by atoms with Crippen molar-refractivity contribution in [3.8, 4) is 17.4 Å². The zero-order valence-corrected chi connectivity index (χ0v) is 22.1. The maximum absolute atomic E-state index is 11.6.